The molecule has 0 bridgehead atoms. The Bertz CT molecular complexity index is 1010. The van der Waals surface area contributed by atoms with Gasteiger partial charge in [0, 0.05) is 23.0 Å². The molecule has 0 radical (unpaired) electrons. The van der Waals surface area contributed by atoms with Gasteiger partial charge in [0.05, 0.1) is 5.60 Å². The monoisotopic (exact) mass is 469 g/mol. The summed E-state index contributed by atoms with van der Waals surface area (Å²) in [4.78, 5) is 28.2. The van der Waals surface area contributed by atoms with E-state index in [1.807, 2.05) is 61.2 Å². The molecule has 0 saturated carbocycles. The Balaban J connectivity index is 1.88. The largest absolute Gasteiger partial charge is 0.356 e. The molecule has 2 aliphatic rings. The number of halogens is 1. The summed E-state index contributed by atoms with van der Waals surface area (Å²) >= 11 is 3.49. The van der Waals surface area contributed by atoms with Crippen LogP contribution < -0.4 is 4.90 Å². The van der Waals surface area contributed by atoms with Crippen LogP contribution >= 0.6 is 15.9 Å². The minimum Gasteiger partial charge on any atom is -0.356 e. The molecule has 5 heteroatoms. The Kier molecular flexibility index (Phi) is 4.98. The number of benzene rings is 2. The topological polar surface area (TPSA) is 46.6 Å². The maximum Gasteiger partial charge on any atom is 0.262 e. The molecule has 0 unspecified atom stereocenters. The third kappa shape index (κ3) is 3.42. The zero-order valence-electron chi connectivity index (χ0n) is 18.2. The van der Waals surface area contributed by atoms with Gasteiger partial charge >= 0.3 is 0 Å². The molecule has 158 valence electrons. The Hall–Kier alpha value is -1.98. The minimum atomic E-state index is -1.16. The van der Waals surface area contributed by atoms with Crippen molar-refractivity contribution in [3.8, 4) is 0 Å². The van der Waals surface area contributed by atoms with Gasteiger partial charge in [-0.15, -0.1) is 0 Å². The fraction of sp³-hybridized carbons (Fsp3) is 0.440. The van der Waals surface area contributed by atoms with E-state index in [2.05, 4.69) is 42.8 Å². The Morgan fingerprint density at radius 2 is 1.63 bits per heavy atom. The number of para-hydroxylation sites is 1. The van der Waals surface area contributed by atoms with Crippen LogP contribution in [0.2, 0.25) is 0 Å². The predicted molar refractivity (Wildman–Crippen MR) is 122 cm³/mol. The van der Waals surface area contributed by atoms with Crippen molar-refractivity contribution in [2.24, 2.45) is 0 Å². The van der Waals surface area contributed by atoms with Crippen molar-refractivity contribution < 1.29 is 14.3 Å². The normalized spacial score (nSPS) is 26.1. The summed E-state index contributed by atoms with van der Waals surface area (Å²) in [6, 6.07) is 15.6. The number of amides is 1. The summed E-state index contributed by atoms with van der Waals surface area (Å²) in [5, 5.41) is 0. The Morgan fingerprint density at radius 3 is 2.23 bits per heavy atom. The lowest BCUT2D eigenvalue weighted by molar-refractivity contribution is -0.210. The Labute approximate surface area is 186 Å². The molecule has 4 rings (SSSR count). The molecular weight excluding hydrogens is 442 g/mol. The first-order chi connectivity index (χ1) is 13.9. The maximum atomic E-state index is 13.7. The zero-order valence-corrected chi connectivity index (χ0v) is 19.7. The van der Waals surface area contributed by atoms with Crippen molar-refractivity contribution in [1.82, 2.24) is 0 Å². The number of ketones is 1. The van der Waals surface area contributed by atoms with Gasteiger partial charge in [0.25, 0.3) is 5.91 Å². The van der Waals surface area contributed by atoms with Gasteiger partial charge in [-0.3, -0.25) is 14.5 Å². The smallest absolute Gasteiger partial charge is 0.262 e. The van der Waals surface area contributed by atoms with E-state index < -0.39 is 11.2 Å². The van der Waals surface area contributed by atoms with Crippen LogP contribution in [0.1, 0.15) is 64.6 Å². The van der Waals surface area contributed by atoms with Gasteiger partial charge in [-0.25, -0.2) is 0 Å². The summed E-state index contributed by atoms with van der Waals surface area (Å²) in [5.41, 5.74) is 0.981. The molecular formula is C25H28BrNO3. The average Bonchev–Trinajstić information content (AvgIpc) is 2.64. The summed E-state index contributed by atoms with van der Waals surface area (Å²) in [5.74, 6) is -0.0567. The van der Waals surface area contributed by atoms with Crippen LogP contribution in [0.25, 0.3) is 0 Å². The van der Waals surface area contributed by atoms with Crippen molar-refractivity contribution in [2.75, 3.05) is 4.90 Å². The SMILES string of the molecule is CC1(C)CC(=O)C[C@]2(O1)C(=O)N(c1ccccc1C(C)(C)C)[C@H]2c1ccc(Br)cc1. The van der Waals surface area contributed by atoms with Crippen LogP contribution in [0.4, 0.5) is 5.69 Å². The molecule has 30 heavy (non-hydrogen) atoms. The van der Waals surface area contributed by atoms with Crippen LogP contribution in [0.5, 0.6) is 0 Å². The number of Topliss-reactive ketones (excluding diaryl/α,β-unsaturated/α-hetero) is 1. The average molecular weight is 470 g/mol. The van der Waals surface area contributed by atoms with Crippen molar-refractivity contribution in [2.45, 2.75) is 70.1 Å². The van der Waals surface area contributed by atoms with E-state index in [1.54, 1.807) is 0 Å². The van der Waals surface area contributed by atoms with Crippen LogP contribution in [0, 0.1) is 0 Å². The molecule has 2 fully saturated rings. The quantitative estimate of drug-likeness (QED) is 0.527. The first kappa shape index (κ1) is 21.3. The Morgan fingerprint density at radius 1 is 1.00 bits per heavy atom. The van der Waals surface area contributed by atoms with Gasteiger partial charge in [0.1, 0.15) is 11.8 Å². The van der Waals surface area contributed by atoms with E-state index in [1.165, 1.54) is 0 Å². The number of rotatable bonds is 2. The fourth-order valence-electron chi connectivity index (χ4n) is 4.88. The van der Waals surface area contributed by atoms with Crippen molar-refractivity contribution in [3.63, 3.8) is 0 Å². The van der Waals surface area contributed by atoms with Gasteiger partial charge in [-0.05, 0) is 48.6 Å². The first-order valence-electron chi connectivity index (χ1n) is 10.4. The van der Waals surface area contributed by atoms with Gasteiger partial charge in [0.2, 0.25) is 0 Å². The van der Waals surface area contributed by atoms with Crippen LogP contribution in [-0.4, -0.2) is 22.9 Å². The third-order valence-electron chi connectivity index (χ3n) is 5.98. The van der Waals surface area contributed by atoms with E-state index >= 15 is 0 Å². The van der Waals surface area contributed by atoms with E-state index in [9.17, 15) is 9.59 Å². The lowest BCUT2D eigenvalue weighted by Gasteiger charge is -2.59. The second kappa shape index (κ2) is 7.03. The molecule has 2 aromatic rings. The van der Waals surface area contributed by atoms with Crippen LogP contribution in [-0.2, 0) is 19.7 Å². The highest BCUT2D eigenvalue weighted by Gasteiger charge is 2.67. The number of hydrogen-bond acceptors (Lipinski definition) is 3. The lowest BCUT2D eigenvalue weighted by Crippen LogP contribution is -2.74. The molecule has 2 aliphatic heterocycles. The van der Waals surface area contributed by atoms with Gasteiger partial charge in [-0.1, -0.05) is 67.0 Å². The number of nitrogens with zero attached hydrogens (tertiary/aromatic N) is 1. The summed E-state index contributed by atoms with van der Waals surface area (Å²) in [6.07, 6.45) is 0.442. The van der Waals surface area contributed by atoms with E-state index in [-0.39, 0.29) is 29.6 Å². The number of β-lactam (4-membered cyclic amide) rings is 1. The highest BCUT2D eigenvalue weighted by molar-refractivity contribution is 9.10. The lowest BCUT2D eigenvalue weighted by atomic mass is 9.70. The van der Waals surface area contributed by atoms with Gasteiger partial charge in [-0.2, -0.15) is 0 Å². The molecule has 0 N–H and O–H groups in total. The molecule has 2 atom stereocenters. The second-order valence-corrected chi connectivity index (χ2v) is 11.0. The molecule has 2 aromatic carbocycles. The number of carbonyl (C=O) groups is 2. The molecule has 2 heterocycles. The number of hydrogen-bond donors (Lipinski definition) is 0. The summed E-state index contributed by atoms with van der Waals surface area (Å²) in [7, 11) is 0. The van der Waals surface area contributed by atoms with Gasteiger partial charge < -0.3 is 4.74 Å². The van der Waals surface area contributed by atoms with E-state index in [0.29, 0.717) is 6.42 Å². The van der Waals surface area contributed by atoms with Crippen molar-refractivity contribution in [3.05, 3.63) is 64.1 Å². The molecule has 4 nitrogen and oxygen atoms in total. The van der Waals surface area contributed by atoms with Crippen molar-refractivity contribution in [1.29, 1.82) is 0 Å². The van der Waals surface area contributed by atoms with Gasteiger partial charge in [0.15, 0.2) is 5.60 Å². The molecule has 2 saturated heterocycles. The highest BCUT2D eigenvalue weighted by Crippen LogP contribution is 2.55. The molecule has 1 amide bonds. The highest BCUT2D eigenvalue weighted by atomic mass is 79.9. The van der Waals surface area contributed by atoms with Crippen LogP contribution in [0.3, 0.4) is 0 Å². The first-order valence-corrected chi connectivity index (χ1v) is 11.1. The van der Waals surface area contributed by atoms with Crippen LogP contribution in [0.15, 0.2) is 53.0 Å². The molecule has 0 aliphatic carbocycles. The summed E-state index contributed by atoms with van der Waals surface area (Å²) in [6.45, 7) is 10.2. The zero-order chi connectivity index (χ0) is 21.9. The fourth-order valence-corrected chi connectivity index (χ4v) is 5.14. The number of carbonyl (C=O) groups excluding carboxylic acids is 2. The minimum absolute atomic E-state index is 0.0745. The molecule has 1 spiro atoms. The number of anilines is 1. The van der Waals surface area contributed by atoms with E-state index in [4.69, 9.17) is 4.74 Å². The maximum absolute atomic E-state index is 13.7. The van der Waals surface area contributed by atoms with E-state index in [0.717, 1.165) is 21.3 Å². The number of ether oxygens (including phenoxy) is 1. The standard InChI is InChI=1S/C25H28BrNO3/c1-23(2,3)19-8-6-7-9-20(19)27-21(16-10-12-17(26)13-11-16)25(22(27)29)15-18(28)14-24(4,5)30-25/h6-13,21H,14-15H2,1-5H3/t21-,25+/m0/s1. The predicted octanol–water partition coefficient (Wildman–Crippen LogP) is 5.73. The third-order valence-corrected chi connectivity index (χ3v) is 6.51. The second-order valence-electron chi connectivity index (χ2n) is 10.0. The molecule has 0 aromatic heterocycles. The van der Waals surface area contributed by atoms with Crippen molar-refractivity contribution >= 4 is 33.3 Å². The summed E-state index contributed by atoms with van der Waals surface area (Å²) < 4.78 is 7.40.